The standard InChI is InChI=1S/C28H32F2O4/c1-17-24(28(34-26(17)32)12-9-19(10-13-28)22-11-14-33-16-22)25(31)20-4-3-18-7-8-23(27(2,29)30)15-21(18)6-5-20/h5,7-8,15,19,22H,3-4,6,9-14,16H2,1-2H3. The number of Topliss-reactive ketones (excluding diaryl/α,β-unsaturated/α-hetero) is 1. The molecule has 5 rings (SSSR count). The first-order valence-corrected chi connectivity index (χ1v) is 12.4. The summed E-state index contributed by atoms with van der Waals surface area (Å²) in [4.78, 5) is 26.4. The molecule has 2 heterocycles. The number of allylic oxidation sites excluding steroid dienone is 2. The van der Waals surface area contributed by atoms with E-state index in [-0.39, 0.29) is 11.3 Å². The molecule has 4 nitrogen and oxygen atoms in total. The molecule has 182 valence electrons. The average Bonchev–Trinajstić information content (AvgIpc) is 3.34. The number of esters is 1. The molecule has 1 unspecified atom stereocenters. The first-order valence-electron chi connectivity index (χ1n) is 12.4. The molecule has 1 aromatic rings. The highest BCUT2D eigenvalue weighted by Gasteiger charge is 2.51. The van der Waals surface area contributed by atoms with Gasteiger partial charge in [0.05, 0.1) is 5.57 Å². The Bertz CT molecular complexity index is 1060. The van der Waals surface area contributed by atoms with E-state index in [0.717, 1.165) is 50.5 Å². The molecule has 0 bridgehead atoms. The highest BCUT2D eigenvalue weighted by atomic mass is 19.3. The second-order valence-corrected chi connectivity index (χ2v) is 10.5. The van der Waals surface area contributed by atoms with Crippen LogP contribution in [0.25, 0.3) is 0 Å². The summed E-state index contributed by atoms with van der Waals surface area (Å²) >= 11 is 0. The van der Waals surface area contributed by atoms with Gasteiger partial charge in [0.1, 0.15) is 5.60 Å². The normalized spacial score (nSPS) is 29.6. The van der Waals surface area contributed by atoms with Crippen LogP contribution in [0.4, 0.5) is 8.78 Å². The number of benzene rings is 1. The molecule has 0 radical (unpaired) electrons. The molecule has 1 saturated carbocycles. The number of rotatable bonds is 4. The zero-order valence-corrected chi connectivity index (χ0v) is 19.9. The number of hydrogen-bond acceptors (Lipinski definition) is 4. The van der Waals surface area contributed by atoms with Crippen molar-refractivity contribution < 1.29 is 27.8 Å². The van der Waals surface area contributed by atoms with Crippen molar-refractivity contribution in [1.82, 2.24) is 0 Å². The molecule has 1 atom stereocenters. The maximum absolute atomic E-state index is 13.8. The van der Waals surface area contributed by atoms with Crippen LogP contribution in [0, 0.1) is 11.8 Å². The molecule has 34 heavy (non-hydrogen) atoms. The Hall–Kier alpha value is -2.34. The maximum Gasteiger partial charge on any atom is 0.335 e. The summed E-state index contributed by atoms with van der Waals surface area (Å²) in [6, 6.07) is 4.79. The van der Waals surface area contributed by atoms with Crippen LogP contribution in [0.3, 0.4) is 0 Å². The molecule has 2 aliphatic heterocycles. The largest absolute Gasteiger partial charge is 0.451 e. The van der Waals surface area contributed by atoms with Gasteiger partial charge in [-0.2, -0.15) is 0 Å². The molecule has 6 heteroatoms. The van der Waals surface area contributed by atoms with Crippen molar-refractivity contribution in [3.05, 3.63) is 57.7 Å². The molecule has 0 amide bonds. The Labute approximate surface area is 199 Å². The second-order valence-electron chi connectivity index (χ2n) is 10.5. The van der Waals surface area contributed by atoms with E-state index in [1.54, 1.807) is 19.1 Å². The number of carbonyl (C=O) groups is 2. The van der Waals surface area contributed by atoms with E-state index in [4.69, 9.17) is 9.47 Å². The molecule has 0 aromatic heterocycles. The predicted octanol–water partition coefficient (Wildman–Crippen LogP) is 5.62. The van der Waals surface area contributed by atoms with E-state index in [9.17, 15) is 18.4 Å². The van der Waals surface area contributed by atoms with Crippen LogP contribution < -0.4 is 0 Å². The zero-order valence-electron chi connectivity index (χ0n) is 19.9. The van der Waals surface area contributed by atoms with E-state index in [2.05, 4.69) is 0 Å². The lowest BCUT2D eigenvalue weighted by Gasteiger charge is -2.39. The molecule has 1 saturated heterocycles. The van der Waals surface area contributed by atoms with Gasteiger partial charge in [-0.05, 0) is 92.9 Å². The molecule has 1 aromatic carbocycles. The summed E-state index contributed by atoms with van der Waals surface area (Å²) in [5.41, 5.74) is 2.59. The van der Waals surface area contributed by atoms with Crippen molar-refractivity contribution in [1.29, 1.82) is 0 Å². The van der Waals surface area contributed by atoms with E-state index in [1.807, 2.05) is 6.08 Å². The quantitative estimate of drug-likeness (QED) is 0.536. The monoisotopic (exact) mass is 470 g/mol. The number of ether oxygens (including phenoxy) is 2. The third-order valence-electron chi connectivity index (χ3n) is 8.36. The van der Waals surface area contributed by atoms with Gasteiger partial charge in [0.15, 0.2) is 5.78 Å². The van der Waals surface area contributed by atoms with Crippen LogP contribution in [-0.2, 0) is 37.8 Å². The zero-order chi connectivity index (χ0) is 24.1. The van der Waals surface area contributed by atoms with Crippen molar-refractivity contribution >= 4 is 11.8 Å². The second kappa shape index (κ2) is 8.71. The van der Waals surface area contributed by atoms with Crippen molar-refractivity contribution in [3.8, 4) is 0 Å². The molecular formula is C28H32F2O4. The minimum absolute atomic E-state index is 0.00820. The fourth-order valence-corrected chi connectivity index (χ4v) is 6.28. The number of halogens is 2. The number of fused-ring (bicyclic) bond motifs is 1. The molecule has 1 spiro atoms. The van der Waals surface area contributed by atoms with Gasteiger partial charge in [0, 0.05) is 31.3 Å². The van der Waals surface area contributed by atoms with Crippen LogP contribution >= 0.6 is 0 Å². The summed E-state index contributed by atoms with van der Waals surface area (Å²) < 4.78 is 39.1. The highest BCUT2D eigenvalue weighted by Crippen LogP contribution is 2.49. The van der Waals surface area contributed by atoms with Crippen molar-refractivity contribution in [3.63, 3.8) is 0 Å². The molecule has 0 N–H and O–H groups in total. The Balaban J connectivity index is 1.37. The number of hydrogen-bond donors (Lipinski definition) is 0. The van der Waals surface area contributed by atoms with Crippen molar-refractivity contribution in [2.75, 3.05) is 13.2 Å². The topological polar surface area (TPSA) is 52.6 Å². The lowest BCUT2D eigenvalue weighted by Crippen LogP contribution is -2.41. The van der Waals surface area contributed by atoms with Crippen molar-refractivity contribution in [2.24, 2.45) is 11.8 Å². The first kappa shape index (κ1) is 23.4. The fourth-order valence-electron chi connectivity index (χ4n) is 6.28. The SMILES string of the molecule is CC1=C(C(=O)C2=CCc3cc(C(C)(F)F)ccc3CC2)C2(CCC(C3CCOC3)CC2)OC1=O. The minimum atomic E-state index is -2.90. The number of ketones is 1. The van der Waals surface area contributed by atoms with Gasteiger partial charge < -0.3 is 9.47 Å². The van der Waals surface area contributed by atoms with Crippen LogP contribution in [0.2, 0.25) is 0 Å². The van der Waals surface area contributed by atoms with E-state index in [1.165, 1.54) is 6.07 Å². The summed E-state index contributed by atoms with van der Waals surface area (Å²) in [5.74, 6) is -2.30. The highest BCUT2D eigenvalue weighted by molar-refractivity contribution is 6.15. The van der Waals surface area contributed by atoms with E-state index >= 15 is 0 Å². The van der Waals surface area contributed by atoms with Gasteiger partial charge >= 0.3 is 5.97 Å². The third kappa shape index (κ3) is 4.15. The predicted molar refractivity (Wildman–Crippen MR) is 124 cm³/mol. The molecule has 2 fully saturated rings. The lowest BCUT2D eigenvalue weighted by atomic mass is 9.69. The average molecular weight is 471 g/mol. The Morgan fingerprint density at radius 1 is 1.09 bits per heavy atom. The van der Waals surface area contributed by atoms with Crippen LogP contribution in [0.15, 0.2) is 41.0 Å². The van der Waals surface area contributed by atoms with Crippen molar-refractivity contribution in [2.45, 2.75) is 76.7 Å². The van der Waals surface area contributed by atoms with Gasteiger partial charge in [-0.15, -0.1) is 0 Å². The lowest BCUT2D eigenvalue weighted by molar-refractivity contribution is -0.150. The smallest absolute Gasteiger partial charge is 0.335 e. The number of aryl methyl sites for hydroxylation is 1. The van der Waals surface area contributed by atoms with E-state index < -0.39 is 17.5 Å². The third-order valence-corrected chi connectivity index (χ3v) is 8.36. The van der Waals surface area contributed by atoms with Gasteiger partial charge in [0.2, 0.25) is 0 Å². The van der Waals surface area contributed by atoms with Gasteiger partial charge in [0.25, 0.3) is 5.92 Å². The number of alkyl halides is 2. The molecule has 2 aliphatic carbocycles. The van der Waals surface area contributed by atoms with Gasteiger partial charge in [-0.25, -0.2) is 13.6 Å². The summed E-state index contributed by atoms with van der Waals surface area (Å²) in [6.07, 6.45) is 7.69. The fraction of sp³-hybridized carbons (Fsp3) is 0.571. The summed E-state index contributed by atoms with van der Waals surface area (Å²) in [5, 5.41) is 0. The van der Waals surface area contributed by atoms with Crippen LogP contribution in [0.1, 0.15) is 69.1 Å². The summed E-state index contributed by atoms with van der Waals surface area (Å²) in [6.45, 7) is 4.22. The summed E-state index contributed by atoms with van der Waals surface area (Å²) in [7, 11) is 0. The first-order chi connectivity index (χ1) is 16.2. The Kier molecular flexibility index (Phi) is 5.99. The molecule has 4 aliphatic rings. The molecular weight excluding hydrogens is 438 g/mol. The maximum atomic E-state index is 13.8. The Morgan fingerprint density at radius 3 is 2.53 bits per heavy atom. The Morgan fingerprint density at radius 2 is 1.85 bits per heavy atom. The van der Waals surface area contributed by atoms with Crippen LogP contribution in [-0.4, -0.2) is 30.6 Å². The number of carbonyl (C=O) groups excluding carboxylic acids is 2. The van der Waals surface area contributed by atoms with Gasteiger partial charge in [-0.1, -0.05) is 18.2 Å². The van der Waals surface area contributed by atoms with E-state index in [0.29, 0.717) is 60.7 Å². The minimum Gasteiger partial charge on any atom is -0.451 e. The van der Waals surface area contributed by atoms with Gasteiger partial charge in [-0.3, -0.25) is 4.79 Å². The van der Waals surface area contributed by atoms with Crippen LogP contribution in [0.5, 0.6) is 0 Å².